The molecule has 4 aromatic rings. The first kappa shape index (κ1) is 48.7. The number of para-hydroxylation sites is 1. The lowest BCUT2D eigenvalue weighted by Crippen LogP contribution is -2.59. The second kappa shape index (κ2) is 23.4. The van der Waals surface area contributed by atoms with Crippen LogP contribution in [0.5, 0.6) is 5.75 Å². The first-order valence-electron chi connectivity index (χ1n) is 21.6. The number of hydrogen-bond donors (Lipinski definition) is 7. The van der Waals surface area contributed by atoms with Crippen molar-refractivity contribution in [3.63, 3.8) is 0 Å². The van der Waals surface area contributed by atoms with E-state index in [4.69, 9.17) is 15.9 Å². The van der Waals surface area contributed by atoms with E-state index in [9.17, 15) is 29.1 Å². The molecule has 0 saturated carbocycles. The number of aromatic nitrogens is 1. The molecule has 0 spiro atoms. The molecule has 3 aliphatic heterocycles. The van der Waals surface area contributed by atoms with Crippen LogP contribution in [-0.4, -0.2) is 129 Å². The number of carbonyl (C=O) groups is 5. The largest absolute Gasteiger partial charge is 0.506 e. The molecule has 6 amide bonds. The van der Waals surface area contributed by atoms with E-state index in [1.807, 2.05) is 41.3 Å². The fourth-order valence-corrected chi connectivity index (χ4v) is 9.36. The number of aliphatic hydroxyl groups excluding tert-OH is 1. The normalized spacial score (nSPS) is 16.5. The molecule has 7 rings (SSSR count). The second-order valence-electron chi connectivity index (χ2n) is 16.1. The Bertz CT molecular complexity index is 2240. The number of pyridine rings is 1. The van der Waals surface area contributed by atoms with Gasteiger partial charge >= 0.3 is 18.0 Å². The third-order valence-corrected chi connectivity index (χ3v) is 12.9. The van der Waals surface area contributed by atoms with Gasteiger partial charge in [-0.25, -0.2) is 14.4 Å². The minimum atomic E-state index is -1.41. The number of unbranched alkanes of at least 4 members (excludes halogenated alkanes) is 1. The summed E-state index contributed by atoms with van der Waals surface area (Å²) in [6.45, 7) is 4.07. The molecule has 2 saturated heterocycles. The Morgan fingerprint density at radius 3 is 2.12 bits per heavy atom. The number of urea groups is 2. The standard InChI is InChI=1S/C38H47Br2N9O5.C8H8O3/c39-29-21-25(22-30(40)34(29)50)23-33(45-37(53)48-15-10-28(11-16-48)49-24-26-5-1-2-6-31(26)44-38(49)54)35(51)43-32(7-3-4-12-41)36(52)47-19-17-46(18-20-47)27-8-13-42-14-9-27;9-7(8(10)11)6-4-2-1-3-5-6/h1-2,5-6,8-9,13-14,21-22,28,32-33,50H,3-4,7,10-12,15-20,23-24,41H2,(H,43,51)(H,44,54)(H,45,53);1-5,7,9H,(H,10,11)/t32-,33+;/m0./s1. The number of nitrogens with one attached hydrogen (secondary N) is 3. The number of aromatic hydroxyl groups is 1. The second-order valence-corrected chi connectivity index (χ2v) is 17.8. The molecule has 346 valence electrons. The van der Waals surface area contributed by atoms with E-state index in [-0.39, 0.29) is 30.2 Å². The van der Waals surface area contributed by atoms with Gasteiger partial charge < -0.3 is 56.6 Å². The van der Waals surface area contributed by atoms with Crippen LogP contribution in [0.25, 0.3) is 0 Å². The van der Waals surface area contributed by atoms with Crippen LogP contribution in [0.3, 0.4) is 0 Å². The van der Waals surface area contributed by atoms with Gasteiger partial charge in [0.15, 0.2) is 6.10 Å². The lowest BCUT2D eigenvalue weighted by molar-refractivity contribution is -0.147. The maximum absolute atomic E-state index is 14.2. The number of anilines is 2. The van der Waals surface area contributed by atoms with Gasteiger partial charge in [-0.1, -0.05) is 48.5 Å². The third-order valence-electron chi connectivity index (χ3n) is 11.7. The van der Waals surface area contributed by atoms with E-state index < -0.39 is 36.1 Å². The molecule has 0 bridgehead atoms. The molecule has 1 unspecified atom stereocenters. The van der Waals surface area contributed by atoms with E-state index in [0.29, 0.717) is 105 Å². The number of nitrogens with zero attached hydrogens (tertiary/aromatic N) is 5. The summed E-state index contributed by atoms with van der Waals surface area (Å²) in [5.41, 5.74) is 9.78. The summed E-state index contributed by atoms with van der Waals surface area (Å²) in [4.78, 5) is 76.8. The Kier molecular flexibility index (Phi) is 17.6. The average Bonchev–Trinajstić information content (AvgIpc) is 3.32. The predicted octanol–water partition coefficient (Wildman–Crippen LogP) is 5.21. The molecule has 17 nitrogen and oxygen atoms in total. The number of phenolic OH excluding ortho intramolecular Hbond substituents is 1. The summed E-state index contributed by atoms with van der Waals surface area (Å²) in [5, 5.41) is 36.6. The van der Waals surface area contributed by atoms with Crippen LogP contribution < -0.4 is 26.6 Å². The zero-order valence-corrected chi connectivity index (χ0v) is 39.0. The number of rotatable bonds is 14. The van der Waals surface area contributed by atoms with E-state index in [2.05, 4.69) is 57.7 Å². The van der Waals surface area contributed by atoms with Crippen LogP contribution in [0.15, 0.2) is 100 Å². The molecular formula is C46H55Br2N9O8. The van der Waals surface area contributed by atoms with Crippen molar-refractivity contribution in [3.8, 4) is 5.75 Å². The van der Waals surface area contributed by atoms with Gasteiger partial charge in [0.05, 0.1) is 8.95 Å². The van der Waals surface area contributed by atoms with E-state index >= 15 is 0 Å². The molecule has 4 heterocycles. The number of piperidine rings is 1. The number of carboxylic acid groups (broad SMARTS) is 1. The van der Waals surface area contributed by atoms with Gasteiger partial charge in [-0.15, -0.1) is 0 Å². The van der Waals surface area contributed by atoms with Crippen molar-refractivity contribution < 1.29 is 39.3 Å². The molecule has 19 heteroatoms. The quantitative estimate of drug-likeness (QED) is 0.0811. The summed E-state index contributed by atoms with van der Waals surface area (Å²) in [7, 11) is 0. The fourth-order valence-electron chi connectivity index (χ4n) is 8.08. The lowest BCUT2D eigenvalue weighted by atomic mass is 10.0. The van der Waals surface area contributed by atoms with E-state index in [1.165, 1.54) is 0 Å². The van der Waals surface area contributed by atoms with Crippen LogP contribution in [-0.2, 0) is 27.3 Å². The summed E-state index contributed by atoms with van der Waals surface area (Å²) in [6.07, 6.45) is 5.12. The Morgan fingerprint density at radius 2 is 1.48 bits per heavy atom. The Morgan fingerprint density at radius 1 is 0.831 bits per heavy atom. The number of carbonyl (C=O) groups excluding carboxylic acids is 4. The van der Waals surface area contributed by atoms with Crippen LogP contribution in [0, 0.1) is 0 Å². The van der Waals surface area contributed by atoms with Gasteiger partial charge in [0.1, 0.15) is 17.8 Å². The zero-order chi connectivity index (χ0) is 46.5. The van der Waals surface area contributed by atoms with Crippen molar-refractivity contribution in [2.24, 2.45) is 5.73 Å². The number of phenols is 1. The van der Waals surface area contributed by atoms with E-state index in [1.54, 1.807) is 64.7 Å². The molecule has 0 radical (unpaired) electrons. The van der Waals surface area contributed by atoms with Gasteiger partial charge in [0.25, 0.3) is 0 Å². The molecule has 8 N–H and O–H groups in total. The summed E-state index contributed by atoms with van der Waals surface area (Å²) in [6, 6.07) is 20.9. The topological polar surface area (TPSA) is 234 Å². The third kappa shape index (κ3) is 13.2. The molecule has 3 aromatic carbocycles. The highest BCUT2D eigenvalue weighted by Crippen LogP contribution is 2.34. The number of fused-ring (bicyclic) bond motifs is 1. The van der Waals surface area contributed by atoms with Gasteiger partial charge in [-0.3, -0.25) is 14.6 Å². The van der Waals surface area contributed by atoms with Crippen molar-refractivity contribution >= 4 is 73.1 Å². The Labute approximate surface area is 394 Å². The van der Waals surface area contributed by atoms with Gasteiger partial charge in [0.2, 0.25) is 11.8 Å². The maximum Gasteiger partial charge on any atom is 0.337 e. The summed E-state index contributed by atoms with van der Waals surface area (Å²) >= 11 is 6.74. The van der Waals surface area contributed by atoms with Crippen LogP contribution in [0.2, 0.25) is 0 Å². The number of nitrogens with two attached hydrogens (primary N) is 1. The minimum absolute atomic E-state index is 0.0205. The monoisotopic (exact) mass is 1020 g/mol. The minimum Gasteiger partial charge on any atom is -0.506 e. The van der Waals surface area contributed by atoms with Gasteiger partial charge in [0, 0.05) is 82.0 Å². The van der Waals surface area contributed by atoms with Crippen molar-refractivity contribution in [3.05, 3.63) is 117 Å². The Hall–Kier alpha value is -5.76. The Balaban J connectivity index is 0.000000557. The number of aliphatic hydroxyl groups is 1. The van der Waals surface area contributed by atoms with Crippen LogP contribution in [0.1, 0.15) is 54.9 Å². The van der Waals surface area contributed by atoms with Crippen molar-refractivity contribution in [1.29, 1.82) is 0 Å². The maximum atomic E-state index is 14.2. The van der Waals surface area contributed by atoms with Crippen molar-refractivity contribution in [1.82, 2.24) is 30.3 Å². The van der Waals surface area contributed by atoms with Crippen molar-refractivity contribution in [2.45, 2.75) is 69.3 Å². The van der Waals surface area contributed by atoms with Gasteiger partial charge in [-0.2, -0.15) is 0 Å². The number of amides is 6. The smallest absolute Gasteiger partial charge is 0.337 e. The summed E-state index contributed by atoms with van der Waals surface area (Å²) < 4.78 is 0.870. The number of halogens is 2. The number of benzene rings is 3. The first-order chi connectivity index (χ1) is 31.3. The zero-order valence-electron chi connectivity index (χ0n) is 35.8. The number of piperazine rings is 1. The molecule has 3 atom stereocenters. The van der Waals surface area contributed by atoms with Crippen molar-refractivity contribution in [2.75, 3.05) is 56.0 Å². The van der Waals surface area contributed by atoms with E-state index in [0.717, 1.165) is 16.9 Å². The highest BCUT2D eigenvalue weighted by molar-refractivity contribution is 9.11. The molecular weight excluding hydrogens is 966 g/mol. The SMILES string of the molecule is NCCCC[C@H](NC(=O)[C@@H](Cc1cc(Br)c(O)c(Br)c1)NC(=O)N1CCC(N2Cc3ccccc3NC2=O)CC1)C(=O)N1CCN(c2ccncc2)CC1.O=C(O)C(O)c1ccccc1. The molecule has 0 aliphatic carbocycles. The molecule has 3 aliphatic rings. The molecule has 1 aromatic heterocycles. The molecule has 65 heavy (non-hydrogen) atoms. The highest BCUT2D eigenvalue weighted by atomic mass is 79.9. The first-order valence-corrected chi connectivity index (χ1v) is 23.2. The van der Waals surface area contributed by atoms with Crippen LogP contribution in [0.4, 0.5) is 21.0 Å². The highest BCUT2D eigenvalue weighted by Gasteiger charge is 2.35. The number of aliphatic carboxylic acids is 1. The fraction of sp³-hybridized carbons (Fsp3) is 0.391. The molecule has 2 fully saturated rings. The summed E-state index contributed by atoms with van der Waals surface area (Å²) in [5.74, 6) is -1.85. The van der Waals surface area contributed by atoms with Crippen LogP contribution >= 0.6 is 31.9 Å². The number of carboxylic acids is 1. The predicted molar refractivity (Wildman–Crippen MR) is 252 cm³/mol. The van der Waals surface area contributed by atoms with Gasteiger partial charge in [-0.05, 0) is 118 Å². The average molecular weight is 1020 g/mol. The number of hydrogen-bond acceptors (Lipinski definition) is 10. The number of likely N-dealkylation sites (tertiary alicyclic amines) is 1. The lowest BCUT2D eigenvalue weighted by Gasteiger charge is -2.40.